The van der Waals surface area contributed by atoms with Crippen molar-refractivity contribution in [1.29, 1.82) is 0 Å². The van der Waals surface area contributed by atoms with E-state index in [4.69, 9.17) is 9.98 Å². The molecule has 4 aromatic heterocycles. The molecule has 0 radical (unpaired) electrons. The van der Waals surface area contributed by atoms with Crippen molar-refractivity contribution in [3.05, 3.63) is 65.8 Å². The van der Waals surface area contributed by atoms with E-state index in [1.54, 1.807) is 31.7 Å². The quantitative estimate of drug-likeness (QED) is 0.327. The van der Waals surface area contributed by atoms with Gasteiger partial charge in [-0.3, -0.25) is 29.5 Å². The fourth-order valence-electron chi connectivity index (χ4n) is 3.79. The fraction of sp³-hybridized carbons (Fsp3) is 0.250. The average molecular weight is 505 g/mol. The third kappa shape index (κ3) is 4.93. The summed E-state index contributed by atoms with van der Waals surface area (Å²) in [6.45, 7) is 1.89. The van der Waals surface area contributed by atoms with Gasteiger partial charge >= 0.3 is 0 Å². The zero-order valence-electron chi connectivity index (χ0n) is 19.9. The Kier molecular flexibility index (Phi) is 5.96. The van der Waals surface area contributed by atoms with Gasteiger partial charge in [-0.1, -0.05) is 0 Å². The monoisotopic (exact) mass is 504 g/mol. The Hall–Kier alpha value is -4.19. The van der Waals surface area contributed by atoms with Crippen LogP contribution in [0.2, 0.25) is 0 Å². The van der Waals surface area contributed by atoms with Crippen LogP contribution in [0.3, 0.4) is 0 Å². The van der Waals surface area contributed by atoms with Crippen molar-refractivity contribution < 1.29 is 13.2 Å². The van der Waals surface area contributed by atoms with Crippen LogP contribution in [0.5, 0.6) is 0 Å². The molecule has 1 aliphatic carbocycles. The Morgan fingerprint density at radius 3 is 2.53 bits per heavy atom. The second-order valence-electron chi connectivity index (χ2n) is 8.65. The summed E-state index contributed by atoms with van der Waals surface area (Å²) in [5, 5.41) is 2.62. The number of aryl methyl sites for hydroxylation is 1. The first-order valence-corrected chi connectivity index (χ1v) is 13.1. The smallest absolute Gasteiger partial charge is 0.254 e. The number of anilines is 1. The summed E-state index contributed by atoms with van der Waals surface area (Å²) in [5.41, 5.74) is 5.46. The summed E-state index contributed by atoms with van der Waals surface area (Å²) in [7, 11) is -1.88. The molecular formula is C24H24N8O3S. The molecule has 3 N–H and O–H groups in total. The molecule has 0 unspecified atom stereocenters. The number of rotatable bonds is 7. The molecule has 1 aliphatic rings. The maximum atomic E-state index is 12.3. The minimum atomic E-state index is -3.44. The zero-order valence-corrected chi connectivity index (χ0v) is 20.7. The summed E-state index contributed by atoms with van der Waals surface area (Å²) in [4.78, 5) is 38.2. The molecule has 1 saturated carbocycles. The molecule has 0 spiro atoms. The third-order valence-corrected chi connectivity index (χ3v) is 6.27. The molecule has 0 bridgehead atoms. The largest absolute Gasteiger partial charge is 0.355 e. The van der Waals surface area contributed by atoms with Gasteiger partial charge < -0.3 is 10.3 Å². The minimum Gasteiger partial charge on any atom is -0.355 e. The lowest BCUT2D eigenvalue weighted by atomic mass is 10.0. The summed E-state index contributed by atoms with van der Waals surface area (Å²) >= 11 is 0. The molecule has 0 saturated heterocycles. The minimum absolute atomic E-state index is 0.191. The first-order valence-electron chi connectivity index (χ1n) is 11.3. The number of aromatic nitrogens is 5. The van der Waals surface area contributed by atoms with E-state index in [1.807, 2.05) is 13.0 Å². The molecule has 0 aliphatic heterocycles. The van der Waals surface area contributed by atoms with E-state index in [2.05, 4.69) is 30.0 Å². The number of amides is 1. The molecule has 0 aromatic carbocycles. The number of H-pyrrole nitrogens is 1. The van der Waals surface area contributed by atoms with Crippen molar-refractivity contribution in [3.63, 3.8) is 0 Å². The highest BCUT2D eigenvalue weighted by atomic mass is 32.2. The Bertz CT molecular complexity index is 1620. The second-order valence-corrected chi connectivity index (χ2v) is 10.4. The zero-order chi connectivity index (χ0) is 25.4. The van der Waals surface area contributed by atoms with Crippen molar-refractivity contribution in [3.8, 4) is 11.1 Å². The molecule has 1 fully saturated rings. The Morgan fingerprint density at radius 1 is 1.06 bits per heavy atom. The normalized spacial score (nSPS) is 14.1. The van der Waals surface area contributed by atoms with Crippen LogP contribution in [-0.4, -0.2) is 64.3 Å². The van der Waals surface area contributed by atoms with Crippen molar-refractivity contribution in [2.24, 2.45) is 4.99 Å². The number of sulfonamides is 1. The van der Waals surface area contributed by atoms with Gasteiger partial charge in [0.25, 0.3) is 5.91 Å². The van der Waals surface area contributed by atoms with Crippen LogP contribution in [0, 0.1) is 6.92 Å². The van der Waals surface area contributed by atoms with E-state index in [0.29, 0.717) is 39.4 Å². The molecule has 4 heterocycles. The van der Waals surface area contributed by atoms with Gasteiger partial charge in [-0.25, -0.2) is 13.4 Å². The molecule has 36 heavy (non-hydrogen) atoms. The predicted octanol–water partition coefficient (Wildman–Crippen LogP) is 2.45. The Labute approximate surface area is 207 Å². The lowest BCUT2D eigenvalue weighted by Gasteiger charge is -2.11. The van der Waals surface area contributed by atoms with Crippen LogP contribution in [0.4, 0.5) is 5.69 Å². The number of nitrogens with one attached hydrogen (secondary N) is 3. The average Bonchev–Trinajstić information content (AvgIpc) is 3.56. The van der Waals surface area contributed by atoms with Crippen molar-refractivity contribution in [2.45, 2.75) is 25.8 Å². The molecule has 5 rings (SSSR count). The summed E-state index contributed by atoms with van der Waals surface area (Å²) < 4.78 is 25.8. The number of imidazole rings is 1. The Morgan fingerprint density at radius 2 is 1.81 bits per heavy atom. The lowest BCUT2D eigenvalue weighted by Crippen LogP contribution is -2.18. The number of nitrogens with zero attached hydrogens (tertiary/aromatic N) is 5. The maximum absolute atomic E-state index is 12.3. The van der Waals surface area contributed by atoms with Gasteiger partial charge in [0.05, 0.1) is 41.5 Å². The summed E-state index contributed by atoms with van der Waals surface area (Å²) in [6, 6.07) is 3.83. The number of hydrogen-bond donors (Lipinski definition) is 3. The molecule has 12 heteroatoms. The van der Waals surface area contributed by atoms with Crippen molar-refractivity contribution >= 4 is 38.4 Å². The SMILES string of the molecule is CNC(=O)c1cncc2[nH]c(C(=NC3CC3)c3cc(-c4cncc(NS(C)(=O)=O)c4)cnc3C)nc12. The highest BCUT2D eigenvalue weighted by Crippen LogP contribution is 2.29. The fourth-order valence-corrected chi connectivity index (χ4v) is 4.33. The molecule has 0 atom stereocenters. The first kappa shape index (κ1) is 23.5. The van der Waals surface area contributed by atoms with Gasteiger partial charge in [-0.15, -0.1) is 0 Å². The van der Waals surface area contributed by atoms with Crippen LogP contribution in [0.25, 0.3) is 22.2 Å². The van der Waals surface area contributed by atoms with Gasteiger partial charge in [-0.05, 0) is 31.9 Å². The van der Waals surface area contributed by atoms with E-state index in [9.17, 15) is 13.2 Å². The highest BCUT2D eigenvalue weighted by Gasteiger charge is 2.25. The number of aromatic amines is 1. The second kappa shape index (κ2) is 9.11. The molecular weight excluding hydrogens is 480 g/mol. The van der Waals surface area contributed by atoms with E-state index >= 15 is 0 Å². The van der Waals surface area contributed by atoms with Crippen LogP contribution < -0.4 is 10.0 Å². The van der Waals surface area contributed by atoms with Crippen LogP contribution in [-0.2, 0) is 10.0 Å². The van der Waals surface area contributed by atoms with Gasteiger partial charge in [0, 0.05) is 48.0 Å². The lowest BCUT2D eigenvalue weighted by molar-refractivity contribution is 0.0964. The van der Waals surface area contributed by atoms with Crippen molar-refractivity contribution in [2.75, 3.05) is 18.0 Å². The standard InChI is InChI=1S/C24H24N8O3S/c1-13-18(7-15(9-28-13)14-6-17(10-26-8-14)32-36(3,34)35)22(29-16-4-5-16)23-30-20-12-27-11-19(21(20)31-23)24(33)25-2/h6-12,16,32H,4-5H2,1-3H3,(H,25,33)(H,30,31). The number of carbonyl (C=O) groups excluding carboxylic acids is 1. The van der Waals surface area contributed by atoms with Crippen molar-refractivity contribution in [1.82, 2.24) is 30.2 Å². The van der Waals surface area contributed by atoms with E-state index < -0.39 is 10.0 Å². The molecule has 184 valence electrons. The van der Waals surface area contributed by atoms with Crippen LogP contribution in [0.15, 0.2) is 48.1 Å². The maximum Gasteiger partial charge on any atom is 0.254 e. The highest BCUT2D eigenvalue weighted by molar-refractivity contribution is 7.92. The van der Waals surface area contributed by atoms with E-state index in [1.165, 1.54) is 12.4 Å². The molecule has 4 aromatic rings. The third-order valence-electron chi connectivity index (χ3n) is 5.67. The number of carbonyl (C=O) groups is 1. The predicted molar refractivity (Wildman–Crippen MR) is 137 cm³/mol. The van der Waals surface area contributed by atoms with Crippen LogP contribution in [0.1, 0.15) is 40.3 Å². The number of hydrogen-bond acceptors (Lipinski definition) is 8. The van der Waals surface area contributed by atoms with Gasteiger partial charge in [-0.2, -0.15) is 0 Å². The Balaban J connectivity index is 1.61. The van der Waals surface area contributed by atoms with E-state index in [-0.39, 0.29) is 11.9 Å². The summed E-state index contributed by atoms with van der Waals surface area (Å²) in [5.74, 6) is 0.240. The summed E-state index contributed by atoms with van der Waals surface area (Å²) in [6.07, 6.45) is 11.0. The van der Waals surface area contributed by atoms with Gasteiger partial charge in [0.1, 0.15) is 11.2 Å². The van der Waals surface area contributed by atoms with Crippen LogP contribution >= 0.6 is 0 Å². The van der Waals surface area contributed by atoms with Gasteiger partial charge in [0.2, 0.25) is 10.0 Å². The molecule has 11 nitrogen and oxygen atoms in total. The molecule has 1 amide bonds. The number of aliphatic imine (C=N–C) groups is 1. The number of pyridine rings is 3. The van der Waals surface area contributed by atoms with Gasteiger partial charge in [0.15, 0.2) is 5.82 Å². The topological polar surface area (TPSA) is 155 Å². The first-order chi connectivity index (χ1) is 17.2. The number of fused-ring (bicyclic) bond motifs is 1. The van der Waals surface area contributed by atoms with E-state index in [0.717, 1.165) is 35.9 Å².